The van der Waals surface area contributed by atoms with Crippen LogP contribution >= 0.6 is 0 Å². The number of ether oxygens (including phenoxy) is 2. The van der Waals surface area contributed by atoms with E-state index in [9.17, 15) is 4.79 Å². The molecule has 0 radical (unpaired) electrons. The minimum atomic E-state index is -0.0339. The second-order valence-corrected chi connectivity index (χ2v) is 7.94. The molecule has 0 unspecified atom stereocenters. The zero-order valence-electron chi connectivity index (χ0n) is 17.5. The van der Waals surface area contributed by atoms with Gasteiger partial charge < -0.3 is 18.9 Å². The molecule has 5 rings (SSSR count). The van der Waals surface area contributed by atoms with Crippen molar-refractivity contribution < 1.29 is 18.8 Å². The van der Waals surface area contributed by atoms with Crippen LogP contribution in [-0.2, 0) is 0 Å². The Labute approximate surface area is 179 Å². The van der Waals surface area contributed by atoms with Crippen LogP contribution < -0.4 is 9.47 Å². The van der Waals surface area contributed by atoms with Gasteiger partial charge in [0, 0.05) is 30.6 Å². The van der Waals surface area contributed by atoms with Gasteiger partial charge in [0.2, 0.25) is 0 Å². The third kappa shape index (κ3) is 3.97. The normalized spacial score (nSPS) is 17.0. The van der Waals surface area contributed by atoms with E-state index in [0.717, 1.165) is 31.5 Å². The molecule has 10 heteroatoms. The smallest absolute Gasteiger partial charge is 0.280 e. The van der Waals surface area contributed by atoms with Crippen LogP contribution in [0.25, 0.3) is 11.6 Å². The van der Waals surface area contributed by atoms with Gasteiger partial charge in [-0.1, -0.05) is 10.4 Å². The van der Waals surface area contributed by atoms with Crippen LogP contribution in [0.5, 0.6) is 11.5 Å². The Bertz CT molecular complexity index is 1060. The number of nitrogens with zero attached hydrogens (tertiary/aromatic N) is 6. The van der Waals surface area contributed by atoms with Crippen molar-refractivity contribution in [1.82, 2.24) is 30.0 Å². The van der Waals surface area contributed by atoms with Crippen molar-refractivity contribution in [3.8, 4) is 23.1 Å². The molecule has 162 valence electrons. The van der Waals surface area contributed by atoms with E-state index in [4.69, 9.17) is 14.0 Å². The Hall–Kier alpha value is -3.43. The highest BCUT2D eigenvalue weighted by molar-refractivity contribution is 5.95. The summed E-state index contributed by atoms with van der Waals surface area (Å²) >= 11 is 0. The van der Waals surface area contributed by atoms with E-state index in [-0.39, 0.29) is 11.9 Å². The number of likely N-dealkylation sites (tertiary alicyclic amines) is 1. The first-order chi connectivity index (χ1) is 15.1. The van der Waals surface area contributed by atoms with Crippen molar-refractivity contribution in [2.24, 2.45) is 0 Å². The van der Waals surface area contributed by atoms with Crippen LogP contribution in [0.1, 0.15) is 53.8 Å². The van der Waals surface area contributed by atoms with Gasteiger partial charge in [-0.05, 0) is 37.8 Å². The second-order valence-electron chi connectivity index (χ2n) is 7.94. The van der Waals surface area contributed by atoms with Gasteiger partial charge >= 0.3 is 0 Å². The maximum Gasteiger partial charge on any atom is 0.280 e. The van der Waals surface area contributed by atoms with Crippen LogP contribution in [-0.4, -0.2) is 63.3 Å². The molecule has 1 amide bonds. The zero-order chi connectivity index (χ0) is 21.4. The number of methoxy groups -OCH3 is 2. The highest BCUT2D eigenvalue weighted by Crippen LogP contribution is 2.38. The number of amides is 1. The summed E-state index contributed by atoms with van der Waals surface area (Å²) in [4.78, 5) is 19.3. The lowest BCUT2D eigenvalue weighted by Gasteiger charge is -2.32. The molecule has 10 nitrogen and oxygen atoms in total. The first-order valence-corrected chi connectivity index (χ1v) is 10.4. The number of hydrogen-bond donors (Lipinski definition) is 0. The molecule has 0 spiro atoms. The Kier molecular flexibility index (Phi) is 5.05. The van der Waals surface area contributed by atoms with E-state index < -0.39 is 0 Å². The van der Waals surface area contributed by atoms with Gasteiger partial charge in [-0.25, -0.2) is 4.68 Å². The predicted molar refractivity (Wildman–Crippen MR) is 109 cm³/mol. The average molecular weight is 424 g/mol. The molecule has 1 saturated carbocycles. The lowest BCUT2D eigenvalue weighted by molar-refractivity contribution is 0.0688. The first-order valence-electron chi connectivity index (χ1n) is 10.4. The van der Waals surface area contributed by atoms with Crippen LogP contribution in [0.15, 0.2) is 28.9 Å². The van der Waals surface area contributed by atoms with E-state index in [1.165, 1.54) is 0 Å². The molecule has 31 heavy (non-hydrogen) atoms. The van der Waals surface area contributed by atoms with Gasteiger partial charge in [0.25, 0.3) is 11.8 Å². The minimum absolute atomic E-state index is 0.0339. The summed E-state index contributed by atoms with van der Waals surface area (Å²) in [6.45, 7) is 1.26. The molecular formula is C21H24N6O4. The number of hydrogen-bond acceptors (Lipinski definition) is 8. The Morgan fingerprint density at radius 1 is 1.06 bits per heavy atom. The standard InChI is InChI=1S/C21H24N6O4/c1-29-16-9-14(10-17(11-16)30-2)21(28)26-7-5-15(6-8-26)27-12-18(23-25-27)20-22-19(24-31-20)13-3-4-13/h9-13,15H,3-8H2,1-2H3. The molecule has 2 aromatic heterocycles. The Morgan fingerprint density at radius 3 is 2.42 bits per heavy atom. The highest BCUT2D eigenvalue weighted by atomic mass is 16.5. The lowest BCUT2D eigenvalue weighted by Crippen LogP contribution is -2.39. The van der Waals surface area contributed by atoms with Crippen LogP contribution in [0.4, 0.5) is 0 Å². The van der Waals surface area contributed by atoms with Gasteiger partial charge in [-0.15, -0.1) is 5.10 Å². The van der Waals surface area contributed by atoms with E-state index in [0.29, 0.717) is 47.7 Å². The van der Waals surface area contributed by atoms with Crippen LogP contribution in [0.3, 0.4) is 0 Å². The number of piperidine rings is 1. The van der Waals surface area contributed by atoms with Crippen LogP contribution in [0, 0.1) is 0 Å². The third-order valence-electron chi connectivity index (χ3n) is 5.84. The molecular weight excluding hydrogens is 400 g/mol. The van der Waals surface area contributed by atoms with E-state index in [1.807, 2.05) is 15.8 Å². The van der Waals surface area contributed by atoms with Gasteiger partial charge in [-0.2, -0.15) is 4.98 Å². The van der Waals surface area contributed by atoms with Crippen LogP contribution in [0.2, 0.25) is 0 Å². The SMILES string of the molecule is COc1cc(OC)cc(C(=O)N2CCC(n3cc(-c4nc(C5CC5)no4)nn3)CC2)c1. The molecule has 1 aliphatic heterocycles. The summed E-state index contributed by atoms with van der Waals surface area (Å²) in [6.07, 6.45) is 5.65. The molecule has 2 fully saturated rings. The van der Waals surface area contributed by atoms with E-state index in [1.54, 1.807) is 32.4 Å². The number of carbonyl (C=O) groups is 1. The Balaban J connectivity index is 1.23. The highest BCUT2D eigenvalue weighted by Gasteiger charge is 2.30. The number of aromatic nitrogens is 5. The van der Waals surface area contributed by atoms with Crippen molar-refractivity contribution in [3.05, 3.63) is 35.8 Å². The largest absolute Gasteiger partial charge is 0.497 e. The molecule has 1 aromatic carbocycles. The number of benzene rings is 1. The summed E-state index contributed by atoms with van der Waals surface area (Å²) in [7, 11) is 3.14. The average Bonchev–Trinajstić information content (AvgIpc) is 3.34. The molecule has 1 aliphatic carbocycles. The maximum absolute atomic E-state index is 13.0. The molecule has 1 saturated heterocycles. The second kappa shape index (κ2) is 8.01. The number of rotatable bonds is 6. The topological polar surface area (TPSA) is 108 Å². The van der Waals surface area contributed by atoms with Gasteiger partial charge in [-0.3, -0.25) is 4.79 Å². The van der Waals surface area contributed by atoms with Gasteiger partial charge in [0.15, 0.2) is 11.5 Å². The molecule has 3 aromatic rings. The molecule has 0 bridgehead atoms. The summed E-state index contributed by atoms with van der Waals surface area (Å²) in [5, 5.41) is 12.5. The maximum atomic E-state index is 13.0. The fraction of sp³-hybridized carbons (Fsp3) is 0.476. The predicted octanol–water partition coefficient (Wildman–Crippen LogP) is 2.70. The van der Waals surface area contributed by atoms with E-state index >= 15 is 0 Å². The molecule has 0 atom stereocenters. The van der Waals surface area contributed by atoms with Crippen molar-refractivity contribution >= 4 is 5.91 Å². The minimum Gasteiger partial charge on any atom is -0.497 e. The fourth-order valence-corrected chi connectivity index (χ4v) is 3.85. The monoisotopic (exact) mass is 424 g/mol. The van der Waals surface area contributed by atoms with Gasteiger partial charge in [0.1, 0.15) is 11.5 Å². The zero-order valence-corrected chi connectivity index (χ0v) is 17.5. The molecule has 0 N–H and O–H groups in total. The summed E-state index contributed by atoms with van der Waals surface area (Å²) in [5.74, 6) is 2.75. The lowest BCUT2D eigenvalue weighted by atomic mass is 10.0. The van der Waals surface area contributed by atoms with E-state index in [2.05, 4.69) is 20.5 Å². The van der Waals surface area contributed by atoms with Crippen molar-refractivity contribution in [2.45, 2.75) is 37.6 Å². The van der Waals surface area contributed by atoms with Crippen molar-refractivity contribution in [2.75, 3.05) is 27.3 Å². The van der Waals surface area contributed by atoms with Gasteiger partial charge in [0.05, 0.1) is 26.5 Å². The first kappa shape index (κ1) is 19.5. The quantitative estimate of drug-likeness (QED) is 0.594. The number of carbonyl (C=O) groups excluding carboxylic acids is 1. The fourth-order valence-electron chi connectivity index (χ4n) is 3.85. The molecule has 2 aliphatic rings. The summed E-state index contributed by atoms with van der Waals surface area (Å²) in [6, 6.07) is 5.39. The summed E-state index contributed by atoms with van der Waals surface area (Å²) in [5.41, 5.74) is 1.14. The van der Waals surface area contributed by atoms with Crippen molar-refractivity contribution in [3.63, 3.8) is 0 Å². The summed E-state index contributed by atoms with van der Waals surface area (Å²) < 4.78 is 17.7. The van der Waals surface area contributed by atoms with Crippen molar-refractivity contribution in [1.29, 1.82) is 0 Å². The molecule has 3 heterocycles. The third-order valence-corrected chi connectivity index (χ3v) is 5.84. The Morgan fingerprint density at radius 2 is 1.77 bits per heavy atom.